The molecule has 2 aromatic carbocycles. The molecule has 2 heterocycles. The Morgan fingerprint density at radius 3 is 3.07 bits per heavy atom. The van der Waals surface area contributed by atoms with E-state index in [0.717, 1.165) is 48.3 Å². The summed E-state index contributed by atoms with van der Waals surface area (Å²) in [5.74, 6) is -0.324. The average Bonchev–Trinajstić information content (AvgIpc) is 3.15. The van der Waals surface area contributed by atoms with Crippen molar-refractivity contribution < 1.29 is 14.6 Å². The van der Waals surface area contributed by atoms with Gasteiger partial charge in [0, 0.05) is 54.5 Å². The van der Waals surface area contributed by atoms with Gasteiger partial charge in [-0.25, -0.2) is 4.79 Å². The molecule has 0 amide bonds. The minimum Gasteiger partial charge on any atom is -0.482 e. The predicted molar refractivity (Wildman–Crippen MR) is 113 cm³/mol. The van der Waals surface area contributed by atoms with Crippen LogP contribution in [0.3, 0.4) is 0 Å². The molecule has 4 rings (SSSR count). The maximum atomic E-state index is 10.8. The average molecular weight is 391 g/mol. The van der Waals surface area contributed by atoms with Crippen molar-refractivity contribution >= 4 is 22.4 Å². The van der Waals surface area contributed by atoms with E-state index < -0.39 is 5.97 Å². The third kappa shape index (κ3) is 4.66. The van der Waals surface area contributed by atoms with Gasteiger partial charge in [0.15, 0.2) is 6.61 Å². The van der Waals surface area contributed by atoms with E-state index in [4.69, 9.17) is 9.84 Å². The molecule has 6 nitrogen and oxygen atoms in total. The number of anilines is 1. The number of carbonyl (C=O) groups is 1. The number of hydrogen-bond acceptors (Lipinski definition) is 5. The van der Waals surface area contributed by atoms with E-state index in [9.17, 15) is 4.79 Å². The molecule has 6 heteroatoms. The van der Waals surface area contributed by atoms with Crippen molar-refractivity contribution in [1.29, 1.82) is 0 Å². The Labute approximate surface area is 170 Å². The fourth-order valence-corrected chi connectivity index (χ4v) is 3.86. The number of aliphatic carboxylic acids is 1. The van der Waals surface area contributed by atoms with Crippen LogP contribution < -0.4 is 10.1 Å². The van der Waals surface area contributed by atoms with Gasteiger partial charge in [-0.05, 0) is 42.7 Å². The second kappa shape index (κ2) is 8.49. The summed E-state index contributed by atoms with van der Waals surface area (Å²) in [4.78, 5) is 17.4. The molecule has 0 aliphatic carbocycles. The van der Waals surface area contributed by atoms with E-state index in [1.54, 1.807) is 0 Å². The minimum atomic E-state index is -0.965. The molecule has 1 aliphatic rings. The summed E-state index contributed by atoms with van der Waals surface area (Å²) in [5, 5.41) is 14.9. The van der Waals surface area contributed by atoms with Gasteiger partial charge < -0.3 is 15.2 Å². The molecule has 0 bridgehead atoms. The van der Waals surface area contributed by atoms with Crippen molar-refractivity contribution in [1.82, 2.24) is 9.88 Å². The molecule has 29 heavy (non-hydrogen) atoms. The Kier molecular flexibility index (Phi) is 5.62. The van der Waals surface area contributed by atoms with Crippen LogP contribution in [0, 0.1) is 6.92 Å². The van der Waals surface area contributed by atoms with Crippen molar-refractivity contribution in [3.63, 3.8) is 0 Å². The number of carboxylic acids is 1. The van der Waals surface area contributed by atoms with Crippen molar-refractivity contribution in [3.8, 4) is 5.75 Å². The zero-order valence-electron chi connectivity index (χ0n) is 16.5. The summed E-state index contributed by atoms with van der Waals surface area (Å²) in [5.41, 5.74) is 3.23. The number of nitrogens with one attached hydrogen (secondary N) is 1. The molecule has 150 valence electrons. The van der Waals surface area contributed by atoms with Crippen LogP contribution in [0.1, 0.15) is 17.5 Å². The van der Waals surface area contributed by atoms with Crippen LogP contribution in [-0.2, 0) is 11.3 Å². The summed E-state index contributed by atoms with van der Waals surface area (Å²) in [6.45, 7) is 4.40. The van der Waals surface area contributed by atoms with Crippen molar-refractivity contribution in [2.75, 3.05) is 25.0 Å². The molecule has 1 saturated heterocycles. The fraction of sp³-hybridized carbons (Fsp3) is 0.304. The largest absolute Gasteiger partial charge is 0.482 e. The molecule has 2 N–H and O–H groups in total. The van der Waals surface area contributed by atoms with E-state index in [2.05, 4.69) is 45.5 Å². The van der Waals surface area contributed by atoms with Gasteiger partial charge >= 0.3 is 5.97 Å². The van der Waals surface area contributed by atoms with Crippen molar-refractivity contribution in [2.24, 2.45) is 0 Å². The topological polar surface area (TPSA) is 74.7 Å². The summed E-state index contributed by atoms with van der Waals surface area (Å²) in [6, 6.07) is 14.7. The second-order valence-electron chi connectivity index (χ2n) is 7.55. The number of fused-ring (bicyclic) bond motifs is 1. The van der Waals surface area contributed by atoms with E-state index in [1.807, 2.05) is 31.5 Å². The molecule has 0 radical (unpaired) electrons. The van der Waals surface area contributed by atoms with Gasteiger partial charge in [-0.3, -0.25) is 9.88 Å². The molecule has 1 aliphatic heterocycles. The van der Waals surface area contributed by atoms with E-state index in [-0.39, 0.29) is 6.61 Å². The number of pyridine rings is 1. The van der Waals surface area contributed by atoms with Crippen LogP contribution in [0.4, 0.5) is 5.69 Å². The monoisotopic (exact) mass is 391 g/mol. The summed E-state index contributed by atoms with van der Waals surface area (Å²) < 4.78 is 5.41. The van der Waals surface area contributed by atoms with Gasteiger partial charge in [0.25, 0.3) is 0 Å². The lowest BCUT2D eigenvalue weighted by Gasteiger charge is -2.19. The highest BCUT2D eigenvalue weighted by atomic mass is 16.5. The van der Waals surface area contributed by atoms with Crippen LogP contribution in [0.15, 0.2) is 54.9 Å². The van der Waals surface area contributed by atoms with E-state index >= 15 is 0 Å². The smallest absolute Gasteiger partial charge is 0.341 e. The molecule has 0 spiro atoms. The van der Waals surface area contributed by atoms with Crippen LogP contribution in [0.2, 0.25) is 0 Å². The Morgan fingerprint density at radius 1 is 1.31 bits per heavy atom. The molecule has 1 aromatic heterocycles. The lowest BCUT2D eigenvalue weighted by Crippen LogP contribution is -2.26. The zero-order valence-corrected chi connectivity index (χ0v) is 16.5. The highest BCUT2D eigenvalue weighted by molar-refractivity contribution is 5.93. The lowest BCUT2D eigenvalue weighted by atomic mass is 10.1. The Balaban J connectivity index is 1.39. The SMILES string of the molecule is Cc1ccc(CN2CC[C@@H](Nc3cccc4cnccc34)C2)cc1OCC(=O)O. The Morgan fingerprint density at radius 2 is 2.21 bits per heavy atom. The maximum absolute atomic E-state index is 10.8. The number of aromatic nitrogens is 1. The number of rotatable bonds is 7. The highest BCUT2D eigenvalue weighted by Crippen LogP contribution is 2.26. The number of hydrogen-bond donors (Lipinski definition) is 2. The van der Waals surface area contributed by atoms with Gasteiger partial charge in [-0.15, -0.1) is 0 Å². The highest BCUT2D eigenvalue weighted by Gasteiger charge is 2.23. The van der Waals surface area contributed by atoms with Crippen molar-refractivity contribution in [2.45, 2.75) is 25.9 Å². The normalized spacial score (nSPS) is 16.8. The third-order valence-electron chi connectivity index (χ3n) is 5.32. The molecular formula is C23H25N3O3. The first-order chi connectivity index (χ1) is 14.1. The number of likely N-dealkylation sites (tertiary alicyclic amines) is 1. The summed E-state index contributed by atoms with van der Waals surface area (Å²) >= 11 is 0. The van der Waals surface area contributed by atoms with E-state index in [0.29, 0.717) is 11.8 Å². The van der Waals surface area contributed by atoms with Crippen LogP contribution in [0.5, 0.6) is 5.75 Å². The van der Waals surface area contributed by atoms with Gasteiger partial charge in [-0.1, -0.05) is 24.3 Å². The lowest BCUT2D eigenvalue weighted by molar-refractivity contribution is -0.139. The van der Waals surface area contributed by atoms with Crippen molar-refractivity contribution in [3.05, 3.63) is 66.0 Å². The molecule has 0 unspecified atom stereocenters. The third-order valence-corrected chi connectivity index (χ3v) is 5.32. The van der Waals surface area contributed by atoms with Gasteiger partial charge in [0.1, 0.15) is 5.75 Å². The molecule has 3 aromatic rings. The minimum absolute atomic E-state index is 0.319. The first kappa shape index (κ1) is 19.2. The van der Waals surface area contributed by atoms with Gasteiger partial charge in [0.05, 0.1) is 0 Å². The quantitative estimate of drug-likeness (QED) is 0.640. The van der Waals surface area contributed by atoms with Crippen LogP contribution in [-0.4, -0.2) is 46.7 Å². The van der Waals surface area contributed by atoms with Crippen LogP contribution in [0.25, 0.3) is 10.8 Å². The second-order valence-corrected chi connectivity index (χ2v) is 7.55. The number of benzene rings is 2. The van der Waals surface area contributed by atoms with Gasteiger partial charge in [0.2, 0.25) is 0 Å². The zero-order chi connectivity index (χ0) is 20.2. The molecular weight excluding hydrogens is 366 g/mol. The van der Waals surface area contributed by atoms with E-state index in [1.165, 1.54) is 5.39 Å². The predicted octanol–water partition coefficient (Wildman–Crippen LogP) is 3.69. The number of carboxylic acid groups (broad SMARTS) is 1. The molecule has 1 fully saturated rings. The molecule has 0 saturated carbocycles. The standard InChI is InChI=1S/C23H25N3O3/c1-16-5-6-17(11-22(16)29-15-23(27)28)13-26-10-8-19(14-26)25-21-4-2-3-18-12-24-9-7-20(18)21/h2-7,9,11-12,19,25H,8,10,13-15H2,1H3,(H,27,28)/t19-/m1/s1. The number of ether oxygens (including phenoxy) is 1. The van der Waals surface area contributed by atoms with Crippen LogP contribution >= 0.6 is 0 Å². The first-order valence-corrected chi connectivity index (χ1v) is 9.84. The fourth-order valence-electron chi connectivity index (χ4n) is 3.86. The summed E-state index contributed by atoms with van der Waals surface area (Å²) in [6.07, 6.45) is 4.80. The van der Waals surface area contributed by atoms with Gasteiger partial charge in [-0.2, -0.15) is 0 Å². The number of aryl methyl sites for hydroxylation is 1. The Hall–Kier alpha value is -3.12. The Bertz CT molecular complexity index is 1020. The number of nitrogens with zero attached hydrogens (tertiary/aromatic N) is 2. The first-order valence-electron chi connectivity index (χ1n) is 9.84. The maximum Gasteiger partial charge on any atom is 0.341 e. The molecule has 1 atom stereocenters. The summed E-state index contributed by atoms with van der Waals surface area (Å²) in [7, 11) is 0.